The molecule has 1 N–H and O–H groups in total. The van der Waals surface area contributed by atoms with Gasteiger partial charge in [-0.1, -0.05) is 23.7 Å². The first-order valence-electron chi connectivity index (χ1n) is 9.88. The Hall–Kier alpha value is -3.14. The Morgan fingerprint density at radius 1 is 1.21 bits per heavy atom. The van der Waals surface area contributed by atoms with Gasteiger partial charge in [0.05, 0.1) is 30.1 Å². The van der Waals surface area contributed by atoms with Crippen LogP contribution in [0.3, 0.4) is 0 Å². The minimum absolute atomic E-state index is 0.00665. The van der Waals surface area contributed by atoms with Crippen LogP contribution in [0.5, 0.6) is 0 Å². The Balaban J connectivity index is 1.79. The molecular weight excluding hydrogens is 466 g/mol. The van der Waals surface area contributed by atoms with Crippen LogP contribution in [-0.4, -0.2) is 42.3 Å². The van der Waals surface area contributed by atoms with Crippen LogP contribution in [0.15, 0.2) is 47.6 Å². The first-order valence-corrected chi connectivity index (χ1v) is 10.3. The molecule has 0 aliphatic carbocycles. The molecule has 1 unspecified atom stereocenters. The fourth-order valence-electron chi connectivity index (χ4n) is 3.40. The van der Waals surface area contributed by atoms with Gasteiger partial charge in [-0.15, -0.1) is 0 Å². The molecule has 0 fully saturated rings. The predicted octanol–water partition coefficient (Wildman–Crippen LogP) is 4.73. The average molecular weight is 486 g/mol. The van der Waals surface area contributed by atoms with Crippen LogP contribution >= 0.6 is 11.6 Å². The van der Waals surface area contributed by atoms with Gasteiger partial charge in [-0.25, -0.2) is 4.39 Å². The topological polar surface area (TPSA) is 71.0 Å². The Kier molecular flexibility index (Phi) is 6.97. The lowest BCUT2D eigenvalue weighted by Gasteiger charge is -2.24. The summed E-state index contributed by atoms with van der Waals surface area (Å²) in [6.45, 7) is 3.08. The number of benzene rings is 2. The van der Waals surface area contributed by atoms with Gasteiger partial charge in [-0.3, -0.25) is 14.6 Å². The summed E-state index contributed by atoms with van der Waals surface area (Å²) in [5, 5.41) is 8.44. The number of rotatable bonds is 6. The van der Waals surface area contributed by atoms with Crippen molar-refractivity contribution in [1.82, 2.24) is 5.01 Å². The molecule has 0 spiro atoms. The summed E-state index contributed by atoms with van der Waals surface area (Å²) in [7, 11) is 0. The third kappa shape index (κ3) is 5.44. The molecule has 1 aliphatic heterocycles. The van der Waals surface area contributed by atoms with E-state index in [1.165, 1.54) is 5.01 Å². The van der Waals surface area contributed by atoms with Crippen molar-refractivity contribution in [2.75, 3.05) is 25.0 Å². The van der Waals surface area contributed by atoms with Crippen molar-refractivity contribution in [3.05, 3.63) is 64.4 Å². The second kappa shape index (κ2) is 9.38. The SMILES string of the molecule is CCOC(=O)C1(C)CN(CC(=O)Nc2ccc(C(F)(F)F)cc2F)N=C1c1ccc(Cl)cc1. The average Bonchev–Trinajstić information content (AvgIpc) is 3.06. The lowest BCUT2D eigenvalue weighted by Crippen LogP contribution is -2.41. The molecule has 0 radical (unpaired) electrons. The number of nitrogens with zero attached hydrogens (tertiary/aromatic N) is 2. The fourth-order valence-corrected chi connectivity index (χ4v) is 3.53. The number of hydrazone groups is 1. The van der Waals surface area contributed by atoms with Crippen molar-refractivity contribution in [3.63, 3.8) is 0 Å². The highest BCUT2D eigenvalue weighted by atomic mass is 35.5. The van der Waals surface area contributed by atoms with Crippen LogP contribution in [0.25, 0.3) is 0 Å². The number of hydrogen-bond donors (Lipinski definition) is 1. The van der Waals surface area contributed by atoms with Crippen LogP contribution in [0.4, 0.5) is 23.2 Å². The Morgan fingerprint density at radius 2 is 1.88 bits per heavy atom. The standard InChI is InChI=1S/C22H20ClF4N3O3/c1-3-33-20(32)21(2)12-30(29-19(21)13-4-7-15(23)8-5-13)11-18(31)28-17-9-6-14(10-16(17)24)22(25,26)27/h4-10H,3,11-12H2,1-2H3,(H,28,31). The predicted molar refractivity (Wildman–Crippen MR) is 114 cm³/mol. The molecule has 33 heavy (non-hydrogen) atoms. The number of nitrogens with one attached hydrogen (secondary N) is 1. The highest BCUT2D eigenvalue weighted by Gasteiger charge is 2.47. The van der Waals surface area contributed by atoms with E-state index in [0.29, 0.717) is 28.4 Å². The van der Waals surface area contributed by atoms with E-state index in [1.54, 1.807) is 38.1 Å². The summed E-state index contributed by atoms with van der Waals surface area (Å²) in [5.74, 6) is -2.47. The van der Waals surface area contributed by atoms with E-state index in [2.05, 4.69) is 10.4 Å². The zero-order chi connectivity index (χ0) is 24.4. The number of alkyl halides is 3. The second-order valence-corrected chi connectivity index (χ2v) is 8.01. The number of esters is 1. The van der Waals surface area contributed by atoms with Crippen molar-refractivity contribution in [3.8, 4) is 0 Å². The Bertz CT molecular complexity index is 1090. The lowest BCUT2D eigenvalue weighted by atomic mass is 9.82. The molecule has 1 heterocycles. The van der Waals surface area contributed by atoms with Crippen LogP contribution in [0.2, 0.25) is 5.02 Å². The maximum Gasteiger partial charge on any atom is 0.416 e. The van der Waals surface area contributed by atoms with Crippen molar-refractivity contribution >= 4 is 34.9 Å². The zero-order valence-corrected chi connectivity index (χ0v) is 18.4. The van der Waals surface area contributed by atoms with Gasteiger partial charge in [0.15, 0.2) is 0 Å². The third-order valence-electron chi connectivity index (χ3n) is 5.00. The lowest BCUT2D eigenvalue weighted by molar-refractivity contribution is -0.150. The van der Waals surface area contributed by atoms with Gasteiger partial charge in [0.1, 0.15) is 17.8 Å². The first-order chi connectivity index (χ1) is 15.4. The second-order valence-electron chi connectivity index (χ2n) is 7.57. The monoisotopic (exact) mass is 485 g/mol. The van der Waals surface area contributed by atoms with Crippen molar-refractivity contribution in [1.29, 1.82) is 0 Å². The normalized spacial score (nSPS) is 18.2. The van der Waals surface area contributed by atoms with E-state index in [-0.39, 0.29) is 19.7 Å². The van der Waals surface area contributed by atoms with Gasteiger partial charge in [0.25, 0.3) is 0 Å². The molecule has 0 saturated heterocycles. The summed E-state index contributed by atoms with van der Waals surface area (Å²) in [6.07, 6.45) is -4.71. The Morgan fingerprint density at radius 3 is 2.45 bits per heavy atom. The van der Waals surface area contributed by atoms with Gasteiger partial charge in [-0.05, 0) is 49.7 Å². The highest BCUT2D eigenvalue weighted by Crippen LogP contribution is 2.34. The van der Waals surface area contributed by atoms with Gasteiger partial charge in [0.2, 0.25) is 5.91 Å². The van der Waals surface area contributed by atoms with Gasteiger partial charge in [-0.2, -0.15) is 18.3 Å². The van der Waals surface area contributed by atoms with Crippen LogP contribution < -0.4 is 5.32 Å². The molecule has 6 nitrogen and oxygen atoms in total. The number of ether oxygens (including phenoxy) is 1. The number of carbonyl (C=O) groups excluding carboxylic acids is 2. The van der Waals surface area contributed by atoms with Crippen LogP contribution in [0, 0.1) is 11.2 Å². The molecule has 1 atom stereocenters. The molecular formula is C22H20ClF4N3O3. The number of hydrogen-bond acceptors (Lipinski definition) is 5. The molecule has 11 heteroatoms. The van der Waals surface area contributed by atoms with Crippen molar-refractivity contribution in [2.45, 2.75) is 20.0 Å². The smallest absolute Gasteiger partial charge is 0.416 e. The summed E-state index contributed by atoms with van der Waals surface area (Å²) in [4.78, 5) is 25.2. The summed E-state index contributed by atoms with van der Waals surface area (Å²) < 4.78 is 57.4. The van der Waals surface area contributed by atoms with E-state index in [4.69, 9.17) is 16.3 Å². The van der Waals surface area contributed by atoms with E-state index >= 15 is 0 Å². The first kappa shape index (κ1) is 24.5. The van der Waals surface area contributed by atoms with Crippen molar-refractivity contribution in [2.24, 2.45) is 10.5 Å². The number of anilines is 1. The molecule has 0 bridgehead atoms. The third-order valence-corrected chi connectivity index (χ3v) is 5.26. The zero-order valence-electron chi connectivity index (χ0n) is 17.7. The van der Waals surface area contributed by atoms with Crippen LogP contribution in [0.1, 0.15) is 25.0 Å². The minimum Gasteiger partial charge on any atom is -0.465 e. The van der Waals surface area contributed by atoms with E-state index in [9.17, 15) is 27.2 Å². The maximum atomic E-state index is 14.1. The number of amides is 1. The molecule has 0 aromatic heterocycles. The van der Waals surface area contributed by atoms with Gasteiger partial charge in [0, 0.05) is 5.02 Å². The van der Waals surface area contributed by atoms with E-state index in [0.717, 1.165) is 6.07 Å². The summed E-state index contributed by atoms with van der Waals surface area (Å²) in [6, 6.07) is 8.44. The van der Waals surface area contributed by atoms with E-state index < -0.39 is 40.5 Å². The van der Waals surface area contributed by atoms with E-state index in [1.807, 2.05) is 0 Å². The summed E-state index contributed by atoms with van der Waals surface area (Å²) in [5.41, 5.74) is -1.79. The van der Waals surface area contributed by atoms with Crippen LogP contribution in [-0.2, 0) is 20.5 Å². The molecule has 2 aromatic rings. The molecule has 3 rings (SSSR count). The Labute approximate surface area is 192 Å². The van der Waals surface area contributed by atoms with Crippen molar-refractivity contribution < 1.29 is 31.9 Å². The molecule has 1 aliphatic rings. The number of carbonyl (C=O) groups is 2. The molecule has 176 valence electrons. The minimum atomic E-state index is -4.71. The molecule has 2 aromatic carbocycles. The maximum absolute atomic E-state index is 14.1. The quantitative estimate of drug-likeness (QED) is 0.474. The molecule has 0 saturated carbocycles. The van der Waals surface area contributed by atoms with Gasteiger partial charge < -0.3 is 10.1 Å². The number of halogens is 5. The molecule has 1 amide bonds. The summed E-state index contributed by atoms with van der Waals surface area (Å²) >= 11 is 5.94. The van der Waals surface area contributed by atoms with Gasteiger partial charge >= 0.3 is 12.1 Å². The largest absolute Gasteiger partial charge is 0.465 e. The fraction of sp³-hybridized carbons (Fsp3) is 0.318. The highest BCUT2D eigenvalue weighted by molar-refractivity contribution is 6.30.